The number of rotatable bonds is 9. The predicted molar refractivity (Wildman–Crippen MR) is 157 cm³/mol. The number of halogens is 1. The van der Waals surface area contributed by atoms with Crippen molar-refractivity contribution in [1.29, 1.82) is 0 Å². The first-order valence-electron chi connectivity index (χ1n) is 12.9. The summed E-state index contributed by atoms with van der Waals surface area (Å²) in [5, 5.41) is 11.0. The van der Waals surface area contributed by atoms with Crippen LogP contribution in [0, 0.1) is 0 Å². The quantitative estimate of drug-likeness (QED) is 0.257. The van der Waals surface area contributed by atoms with Crippen LogP contribution in [0.4, 0.5) is 0 Å². The molecule has 5 heterocycles. The number of carboxylic acids is 1. The Labute approximate surface area is 241 Å². The Hall–Kier alpha value is -4.11. The number of benzene rings is 1. The lowest BCUT2D eigenvalue weighted by Gasteiger charge is -2.27. The summed E-state index contributed by atoms with van der Waals surface area (Å²) in [6.45, 7) is 1.66. The molecule has 1 aromatic carbocycles. The maximum Gasteiger partial charge on any atom is 0.354 e. The maximum atomic E-state index is 13.2. The number of hydrogen-bond donors (Lipinski definition) is 1. The summed E-state index contributed by atoms with van der Waals surface area (Å²) in [5.41, 5.74) is 2.94. The van der Waals surface area contributed by atoms with Gasteiger partial charge in [-0.3, -0.25) is 4.79 Å². The Balaban J connectivity index is 1.24. The molecule has 41 heavy (non-hydrogen) atoms. The molecule has 0 bridgehead atoms. The van der Waals surface area contributed by atoms with E-state index in [1.165, 1.54) is 12.1 Å². The Morgan fingerprint density at radius 2 is 1.98 bits per heavy atom. The van der Waals surface area contributed by atoms with Gasteiger partial charge in [-0.25, -0.2) is 19.7 Å². The summed E-state index contributed by atoms with van der Waals surface area (Å²) in [6, 6.07) is 17.4. The summed E-state index contributed by atoms with van der Waals surface area (Å²) in [4.78, 5) is 38.2. The average molecular weight is 590 g/mol. The number of carboxylic acid groups (broad SMARTS) is 1. The van der Waals surface area contributed by atoms with Crippen LogP contribution in [0.25, 0.3) is 22.4 Å². The SMILES string of the molecule is O=C(O)c1ccc2nc(Cn3ccc(-c4cccc(OCc5ccc(Cl)cc5P)n4)cc3=O)n(CC3CCO3)c2n1. The normalized spacial score (nSPS) is 14.6. The minimum Gasteiger partial charge on any atom is -0.477 e. The lowest BCUT2D eigenvalue weighted by Crippen LogP contribution is -2.32. The van der Waals surface area contributed by atoms with Gasteiger partial charge in [0.25, 0.3) is 5.56 Å². The fourth-order valence-corrected chi connectivity index (χ4v) is 5.21. The van der Waals surface area contributed by atoms with E-state index in [-0.39, 0.29) is 23.9 Å². The molecule has 1 N–H and O–H groups in total. The lowest BCUT2D eigenvalue weighted by atomic mass is 10.2. The molecule has 0 aliphatic carbocycles. The van der Waals surface area contributed by atoms with Crippen molar-refractivity contribution in [2.24, 2.45) is 0 Å². The molecule has 2 atom stereocenters. The number of aromatic carboxylic acids is 1. The van der Waals surface area contributed by atoms with Gasteiger partial charge in [-0.2, -0.15) is 0 Å². The summed E-state index contributed by atoms with van der Waals surface area (Å²) in [7, 11) is 2.65. The highest BCUT2D eigenvalue weighted by molar-refractivity contribution is 7.27. The van der Waals surface area contributed by atoms with Gasteiger partial charge in [-0.1, -0.05) is 23.7 Å². The number of ether oxygens (including phenoxy) is 2. The van der Waals surface area contributed by atoms with Crippen LogP contribution in [0.1, 0.15) is 28.3 Å². The van der Waals surface area contributed by atoms with Gasteiger partial charge in [0, 0.05) is 35.5 Å². The first-order chi connectivity index (χ1) is 19.8. The molecule has 5 aromatic rings. The molecule has 6 rings (SSSR count). The van der Waals surface area contributed by atoms with E-state index in [1.807, 2.05) is 41.0 Å². The Morgan fingerprint density at radius 1 is 1.12 bits per heavy atom. The van der Waals surface area contributed by atoms with Crippen LogP contribution in [-0.4, -0.2) is 47.9 Å². The van der Waals surface area contributed by atoms with Gasteiger partial charge >= 0.3 is 5.97 Å². The molecular formula is C29H25ClN5O5P. The minimum atomic E-state index is -1.12. The van der Waals surface area contributed by atoms with Crippen LogP contribution in [0.3, 0.4) is 0 Å². The highest BCUT2D eigenvalue weighted by Gasteiger charge is 2.23. The Morgan fingerprint density at radius 3 is 2.71 bits per heavy atom. The fraction of sp³-hybridized carbons (Fsp3) is 0.207. The van der Waals surface area contributed by atoms with Gasteiger partial charge < -0.3 is 23.7 Å². The van der Waals surface area contributed by atoms with Gasteiger partial charge in [-0.05, 0) is 53.7 Å². The zero-order chi connectivity index (χ0) is 28.5. The van der Waals surface area contributed by atoms with E-state index in [0.29, 0.717) is 58.9 Å². The van der Waals surface area contributed by atoms with Crippen LogP contribution in [-0.2, 0) is 24.4 Å². The van der Waals surface area contributed by atoms with Crippen molar-refractivity contribution in [2.75, 3.05) is 6.61 Å². The van der Waals surface area contributed by atoms with E-state index < -0.39 is 5.97 Å². The van der Waals surface area contributed by atoms with Crippen LogP contribution >= 0.6 is 20.8 Å². The number of fused-ring (bicyclic) bond motifs is 1. The lowest BCUT2D eigenvalue weighted by molar-refractivity contribution is -0.0591. The molecule has 1 saturated heterocycles. The third-order valence-corrected chi connectivity index (χ3v) is 7.65. The van der Waals surface area contributed by atoms with Gasteiger partial charge in [0.2, 0.25) is 5.88 Å². The van der Waals surface area contributed by atoms with Crippen molar-refractivity contribution in [2.45, 2.75) is 32.2 Å². The molecule has 0 radical (unpaired) electrons. The second kappa shape index (κ2) is 11.4. The molecule has 1 aliphatic heterocycles. The number of carbonyl (C=O) groups is 1. The Bertz CT molecular complexity index is 1830. The van der Waals surface area contributed by atoms with Crippen molar-refractivity contribution in [3.05, 3.63) is 99.3 Å². The van der Waals surface area contributed by atoms with Crippen molar-refractivity contribution >= 4 is 43.3 Å². The summed E-state index contributed by atoms with van der Waals surface area (Å²) >= 11 is 6.04. The second-order valence-electron chi connectivity index (χ2n) is 9.64. The maximum absolute atomic E-state index is 13.2. The number of imidazole rings is 1. The Kier molecular flexibility index (Phi) is 7.53. The van der Waals surface area contributed by atoms with Crippen molar-refractivity contribution in [3.8, 4) is 17.1 Å². The molecule has 2 unspecified atom stereocenters. The summed E-state index contributed by atoms with van der Waals surface area (Å²) in [6.07, 6.45) is 2.57. The first-order valence-corrected chi connectivity index (χ1v) is 13.9. The third-order valence-electron chi connectivity index (χ3n) is 6.88. The standard InChI is InChI=1S/C29H25ClN5O5P/c30-19-5-4-18(24(41)13-19)16-40-26-3-1-2-21(32-26)17-8-10-34(27(36)12-17)15-25-31-22-6-7-23(29(37)38)33-28(22)35(25)14-20-9-11-39-20/h1-8,10,12-13,20H,9,11,14-16,41H2,(H,37,38). The van der Waals surface area contributed by atoms with Crippen molar-refractivity contribution in [3.63, 3.8) is 0 Å². The fourth-order valence-electron chi connectivity index (χ4n) is 4.57. The molecule has 0 amide bonds. The summed E-state index contributed by atoms with van der Waals surface area (Å²) < 4.78 is 14.9. The minimum absolute atomic E-state index is 0.0107. The zero-order valence-corrected chi connectivity index (χ0v) is 23.6. The van der Waals surface area contributed by atoms with E-state index >= 15 is 0 Å². The molecular weight excluding hydrogens is 565 g/mol. The highest BCUT2D eigenvalue weighted by Crippen LogP contribution is 2.22. The van der Waals surface area contributed by atoms with Crippen LogP contribution in [0.15, 0.2) is 71.7 Å². The molecule has 0 spiro atoms. The van der Waals surface area contributed by atoms with E-state index in [0.717, 1.165) is 17.3 Å². The number of hydrogen-bond acceptors (Lipinski definition) is 7. The van der Waals surface area contributed by atoms with Gasteiger partial charge in [0.05, 0.1) is 24.9 Å². The van der Waals surface area contributed by atoms with Crippen LogP contribution in [0.2, 0.25) is 5.02 Å². The molecule has 0 saturated carbocycles. The van der Waals surface area contributed by atoms with E-state index in [4.69, 9.17) is 21.1 Å². The topological polar surface area (TPSA) is 121 Å². The monoisotopic (exact) mass is 589 g/mol. The smallest absolute Gasteiger partial charge is 0.354 e. The van der Waals surface area contributed by atoms with Gasteiger partial charge in [0.15, 0.2) is 11.3 Å². The van der Waals surface area contributed by atoms with Crippen LogP contribution in [0.5, 0.6) is 5.88 Å². The largest absolute Gasteiger partial charge is 0.477 e. The van der Waals surface area contributed by atoms with Crippen LogP contribution < -0.4 is 15.6 Å². The summed E-state index contributed by atoms with van der Waals surface area (Å²) in [5.74, 6) is -0.0918. The van der Waals surface area contributed by atoms with Gasteiger partial charge in [0.1, 0.15) is 17.9 Å². The average Bonchev–Trinajstić information content (AvgIpc) is 3.27. The predicted octanol–water partition coefficient (Wildman–Crippen LogP) is 3.92. The van der Waals surface area contributed by atoms with E-state index in [2.05, 4.69) is 24.2 Å². The van der Waals surface area contributed by atoms with Crippen molar-refractivity contribution in [1.82, 2.24) is 24.1 Å². The first kappa shape index (κ1) is 27.1. The van der Waals surface area contributed by atoms with E-state index in [9.17, 15) is 14.7 Å². The van der Waals surface area contributed by atoms with E-state index in [1.54, 1.807) is 22.9 Å². The molecule has 1 aliphatic rings. The molecule has 1 fully saturated rings. The number of pyridine rings is 3. The zero-order valence-electron chi connectivity index (χ0n) is 21.7. The second-order valence-corrected chi connectivity index (χ2v) is 10.7. The number of nitrogens with zero attached hydrogens (tertiary/aromatic N) is 5. The molecule has 10 nitrogen and oxygen atoms in total. The molecule has 4 aromatic heterocycles. The number of aromatic nitrogens is 5. The highest BCUT2D eigenvalue weighted by atomic mass is 35.5. The molecule has 12 heteroatoms. The molecule has 208 valence electrons. The van der Waals surface area contributed by atoms with Gasteiger partial charge in [-0.15, -0.1) is 9.24 Å². The third kappa shape index (κ3) is 5.86. The van der Waals surface area contributed by atoms with Crippen molar-refractivity contribution < 1.29 is 19.4 Å².